The van der Waals surface area contributed by atoms with Gasteiger partial charge < -0.3 is 19.8 Å². The van der Waals surface area contributed by atoms with Gasteiger partial charge in [0, 0.05) is 6.42 Å². The van der Waals surface area contributed by atoms with Crippen molar-refractivity contribution < 1.29 is 32.9 Å². The first kappa shape index (κ1) is 88.2. The molecule has 0 aliphatic heterocycles. The second-order valence-electron chi connectivity index (χ2n) is 27.3. The van der Waals surface area contributed by atoms with Crippen LogP contribution in [-0.2, 0) is 18.4 Å². The number of amides is 1. The Balaban J connectivity index is 4.04. The number of hydrogen-bond acceptors (Lipinski definition) is 5. The van der Waals surface area contributed by atoms with E-state index in [2.05, 4.69) is 116 Å². The number of rotatable bonds is 71. The number of nitrogens with one attached hydrogen (secondary N) is 1. The van der Waals surface area contributed by atoms with Gasteiger partial charge in [-0.3, -0.25) is 13.8 Å². The van der Waals surface area contributed by atoms with Crippen LogP contribution < -0.4 is 5.32 Å². The predicted octanol–water partition coefficient (Wildman–Crippen LogP) is 25.4. The molecular formula is C82H150N2O6P+. The summed E-state index contributed by atoms with van der Waals surface area (Å²) in [4.78, 5) is 23.5. The van der Waals surface area contributed by atoms with E-state index in [0.29, 0.717) is 17.4 Å². The Kier molecular flexibility index (Phi) is 69.2. The summed E-state index contributed by atoms with van der Waals surface area (Å²) in [5.74, 6) is -0.188. The van der Waals surface area contributed by atoms with Gasteiger partial charge in [0.05, 0.1) is 39.9 Å². The normalized spacial score (nSPS) is 14.1. The molecule has 0 saturated carbocycles. The summed E-state index contributed by atoms with van der Waals surface area (Å²) in [6.45, 7) is 4.71. The van der Waals surface area contributed by atoms with Crippen molar-refractivity contribution in [2.75, 3.05) is 40.9 Å². The lowest BCUT2D eigenvalue weighted by Crippen LogP contribution is -2.45. The Hall–Kier alpha value is -2.84. The number of aliphatic hydroxyl groups is 1. The molecule has 0 fully saturated rings. The van der Waals surface area contributed by atoms with Crippen molar-refractivity contribution >= 4 is 13.7 Å². The lowest BCUT2D eigenvalue weighted by atomic mass is 10.0. The molecule has 3 unspecified atom stereocenters. The molecule has 0 bridgehead atoms. The van der Waals surface area contributed by atoms with Crippen LogP contribution in [-0.4, -0.2) is 73.4 Å². The zero-order valence-corrected chi connectivity index (χ0v) is 61.5. The molecule has 0 aromatic heterocycles. The smallest absolute Gasteiger partial charge is 0.387 e. The van der Waals surface area contributed by atoms with Gasteiger partial charge in [0.15, 0.2) is 0 Å². The van der Waals surface area contributed by atoms with E-state index in [-0.39, 0.29) is 19.1 Å². The van der Waals surface area contributed by atoms with E-state index in [1.165, 1.54) is 250 Å². The van der Waals surface area contributed by atoms with Crippen molar-refractivity contribution in [1.29, 1.82) is 0 Å². The van der Waals surface area contributed by atoms with Crippen LogP contribution >= 0.6 is 7.82 Å². The molecule has 3 N–H and O–H groups in total. The first-order chi connectivity index (χ1) is 44.5. The SMILES string of the molecule is CC/C=C\C/C=C\C/C=C\C/C=C\C/C=C\C/C=C\CCCCCCCCCCCCCCCCCCCCCCC(=O)NC(COP(=O)(O)OCC[N+](C)(C)C)C(O)/C=C/CC/C=C/CC/C=C/CCCCCCCCCCCCCCCCCCCCCC. The lowest BCUT2D eigenvalue weighted by Gasteiger charge is -2.25. The molecule has 9 heteroatoms. The Morgan fingerprint density at radius 3 is 1.01 bits per heavy atom. The summed E-state index contributed by atoms with van der Waals surface area (Å²) in [7, 11) is 1.55. The van der Waals surface area contributed by atoms with E-state index in [1.807, 2.05) is 27.2 Å². The van der Waals surface area contributed by atoms with Crippen LogP contribution in [0.3, 0.4) is 0 Å². The second-order valence-corrected chi connectivity index (χ2v) is 28.8. The van der Waals surface area contributed by atoms with E-state index in [4.69, 9.17) is 9.05 Å². The van der Waals surface area contributed by atoms with E-state index < -0.39 is 20.0 Å². The number of hydrogen-bond donors (Lipinski definition) is 3. The van der Waals surface area contributed by atoms with Crippen molar-refractivity contribution in [2.45, 2.75) is 366 Å². The maximum atomic E-state index is 13.1. The summed E-state index contributed by atoms with van der Waals surface area (Å²) in [5.41, 5.74) is 0. The molecule has 0 saturated heterocycles. The molecule has 91 heavy (non-hydrogen) atoms. The summed E-state index contributed by atoms with van der Waals surface area (Å²) >= 11 is 0. The van der Waals surface area contributed by atoms with E-state index in [9.17, 15) is 19.4 Å². The maximum absolute atomic E-state index is 13.1. The number of likely N-dealkylation sites (N-methyl/N-ethyl adjacent to an activating group) is 1. The summed E-state index contributed by atoms with van der Waals surface area (Å²) in [6, 6.07) is -0.876. The first-order valence-corrected chi connectivity index (χ1v) is 40.3. The van der Waals surface area contributed by atoms with E-state index in [1.54, 1.807) is 6.08 Å². The second kappa shape index (κ2) is 71.5. The predicted molar refractivity (Wildman–Crippen MR) is 401 cm³/mol. The minimum Gasteiger partial charge on any atom is -0.387 e. The average Bonchev–Trinajstić information content (AvgIpc) is 3.58. The maximum Gasteiger partial charge on any atom is 0.472 e. The number of allylic oxidation sites excluding steroid dienone is 17. The average molecular weight is 1290 g/mol. The number of nitrogens with zero attached hydrogens (tertiary/aromatic N) is 1. The van der Waals surface area contributed by atoms with Crippen LogP contribution in [0.4, 0.5) is 0 Å². The van der Waals surface area contributed by atoms with Crippen molar-refractivity contribution in [2.24, 2.45) is 0 Å². The highest BCUT2D eigenvalue weighted by Crippen LogP contribution is 2.43. The van der Waals surface area contributed by atoms with Crippen molar-refractivity contribution in [3.63, 3.8) is 0 Å². The molecular weight excluding hydrogens is 1140 g/mol. The molecule has 0 aliphatic carbocycles. The van der Waals surface area contributed by atoms with Crippen LogP contribution in [0.1, 0.15) is 354 Å². The lowest BCUT2D eigenvalue weighted by molar-refractivity contribution is -0.870. The topological polar surface area (TPSA) is 105 Å². The molecule has 0 aliphatic rings. The third-order valence-electron chi connectivity index (χ3n) is 17.2. The van der Waals surface area contributed by atoms with Gasteiger partial charge in [0.2, 0.25) is 5.91 Å². The number of aliphatic hydroxyl groups excluding tert-OH is 1. The highest BCUT2D eigenvalue weighted by molar-refractivity contribution is 7.47. The number of carbonyl (C=O) groups is 1. The van der Waals surface area contributed by atoms with Gasteiger partial charge in [0.1, 0.15) is 13.2 Å². The molecule has 528 valence electrons. The Labute approximate surface area is 565 Å². The molecule has 0 rings (SSSR count). The molecule has 0 aromatic carbocycles. The third-order valence-corrected chi connectivity index (χ3v) is 18.2. The number of unbranched alkanes of at least 4 members (excludes halogenated alkanes) is 42. The van der Waals surface area contributed by atoms with Crippen LogP contribution in [0.2, 0.25) is 0 Å². The molecule has 8 nitrogen and oxygen atoms in total. The van der Waals surface area contributed by atoms with Gasteiger partial charge in [-0.15, -0.1) is 0 Å². The summed E-state index contributed by atoms with van der Waals surface area (Å²) in [6.07, 6.45) is 106. The van der Waals surface area contributed by atoms with Crippen molar-refractivity contribution in [3.8, 4) is 0 Å². The number of phosphoric ester groups is 1. The molecule has 0 heterocycles. The van der Waals surface area contributed by atoms with Gasteiger partial charge in [-0.1, -0.05) is 361 Å². The highest BCUT2D eigenvalue weighted by atomic mass is 31.2. The number of quaternary nitrogens is 1. The largest absolute Gasteiger partial charge is 0.472 e. The number of carbonyl (C=O) groups excluding carboxylic acids is 1. The van der Waals surface area contributed by atoms with Crippen LogP contribution in [0.15, 0.2) is 109 Å². The van der Waals surface area contributed by atoms with Crippen LogP contribution in [0.5, 0.6) is 0 Å². The van der Waals surface area contributed by atoms with Gasteiger partial charge in [-0.05, 0) is 96.3 Å². The third kappa shape index (κ3) is 74.4. The van der Waals surface area contributed by atoms with Crippen LogP contribution in [0.25, 0.3) is 0 Å². The Morgan fingerprint density at radius 1 is 0.385 bits per heavy atom. The first-order valence-electron chi connectivity index (χ1n) is 38.8. The molecule has 3 atom stereocenters. The fourth-order valence-electron chi connectivity index (χ4n) is 11.3. The molecule has 1 amide bonds. The summed E-state index contributed by atoms with van der Waals surface area (Å²) in [5, 5.41) is 14.0. The minimum absolute atomic E-state index is 0.0514. The minimum atomic E-state index is -4.37. The molecule has 0 radical (unpaired) electrons. The zero-order valence-electron chi connectivity index (χ0n) is 60.6. The van der Waals surface area contributed by atoms with E-state index >= 15 is 0 Å². The monoisotopic (exact) mass is 1290 g/mol. The quantitative estimate of drug-likeness (QED) is 0.0243. The van der Waals surface area contributed by atoms with E-state index in [0.717, 1.165) is 83.5 Å². The Morgan fingerprint density at radius 2 is 0.670 bits per heavy atom. The van der Waals surface area contributed by atoms with Gasteiger partial charge in [0.25, 0.3) is 0 Å². The fourth-order valence-corrected chi connectivity index (χ4v) is 12.0. The highest BCUT2D eigenvalue weighted by Gasteiger charge is 2.28. The van der Waals surface area contributed by atoms with Gasteiger partial charge in [-0.25, -0.2) is 4.57 Å². The number of phosphoric acid groups is 1. The van der Waals surface area contributed by atoms with Crippen molar-refractivity contribution in [3.05, 3.63) is 109 Å². The molecule has 0 spiro atoms. The van der Waals surface area contributed by atoms with Gasteiger partial charge >= 0.3 is 7.82 Å². The fraction of sp³-hybridized carbons (Fsp3) is 0.768. The summed E-state index contributed by atoms with van der Waals surface area (Å²) < 4.78 is 23.8. The molecule has 0 aromatic rings. The van der Waals surface area contributed by atoms with Crippen LogP contribution in [0, 0.1) is 0 Å². The van der Waals surface area contributed by atoms with Gasteiger partial charge in [-0.2, -0.15) is 0 Å². The standard InChI is InChI=1S/C82H149N2O6P/c1-6-8-10-12-14-16-18-20-22-24-26-28-30-32-34-36-38-39-40-41-42-43-44-45-46-48-50-52-54-56-58-60-62-64-66-68-70-72-74-76-82(86)83-80(79-90-91(87,88)89-78-77-84(3,4)5)81(85)75-73-71-69-67-65-63-61-59-57-55-53-51-49-47-37-35-33-31-29-27-25-23-21-19-17-15-13-11-9-7-2/h8,10,14,16,20,22,26,28,32,34,38-39,57,59,65,67,73,75,80-81,85H,6-7,9,11-13,15,17-19,21,23-25,27,29-31,33,35-37,40-56,58,60-64,66,68-72,74,76-79H2,1-5H3,(H-,83,86,87,88)/p+1/b10-8-,16-14-,22-20-,28-26-,34-32-,39-38-,59-57+,67-65+,75-73+. The Bertz CT molecular complexity index is 1860. The van der Waals surface area contributed by atoms with Crippen molar-refractivity contribution in [1.82, 2.24) is 5.32 Å². The zero-order chi connectivity index (χ0) is 66.2.